The van der Waals surface area contributed by atoms with Gasteiger partial charge in [-0.05, 0) is 48.0 Å². The SMILES string of the molecule is COc1cccc(C=Cc2nc3ccccc3c(=O)n2-c2ccccc2)c1. The molecule has 1 heterocycles. The van der Waals surface area contributed by atoms with Gasteiger partial charge in [-0.3, -0.25) is 9.36 Å². The average Bonchev–Trinajstić information content (AvgIpc) is 2.73. The van der Waals surface area contributed by atoms with Crippen LogP contribution in [0, 0.1) is 0 Å². The van der Waals surface area contributed by atoms with Crippen molar-refractivity contribution in [2.24, 2.45) is 0 Å². The lowest BCUT2D eigenvalue weighted by atomic mass is 10.2. The number of methoxy groups -OCH3 is 1. The largest absolute Gasteiger partial charge is 0.497 e. The Labute approximate surface area is 157 Å². The molecule has 3 aromatic carbocycles. The normalized spacial score (nSPS) is 11.1. The van der Waals surface area contributed by atoms with E-state index in [4.69, 9.17) is 9.72 Å². The van der Waals surface area contributed by atoms with E-state index in [9.17, 15) is 4.79 Å². The first-order valence-electron chi connectivity index (χ1n) is 8.65. The standard InChI is InChI=1S/C23H18N2O2/c1-27-19-11-7-8-17(16-19)14-15-22-24-21-13-6-5-12-20(21)23(26)25(22)18-9-3-2-4-10-18/h2-16H,1H3. The molecule has 27 heavy (non-hydrogen) atoms. The Hall–Kier alpha value is -3.66. The molecule has 0 saturated carbocycles. The Bertz CT molecular complexity index is 1180. The lowest BCUT2D eigenvalue weighted by molar-refractivity contribution is 0.414. The number of aromatic nitrogens is 2. The smallest absolute Gasteiger partial charge is 0.266 e. The van der Waals surface area contributed by atoms with Crippen LogP contribution in [-0.4, -0.2) is 16.7 Å². The Morgan fingerprint density at radius 1 is 0.889 bits per heavy atom. The van der Waals surface area contributed by atoms with Gasteiger partial charge in [0.05, 0.1) is 23.7 Å². The van der Waals surface area contributed by atoms with Crippen molar-refractivity contribution < 1.29 is 4.74 Å². The molecule has 0 aliphatic heterocycles. The van der Waals surface area contributed by atoms with Crippen molar-refractivity contribution in [2.75, 3.05) is 7.11 Å². The summed E-state index contributed by atoms with van der Waals surface area (Å²) in [5, 5.41) is 0.597. The summed E-state index contributed by atoms with van der Waals surface area (Å²) in [6.07, 6.45) is 3.79. The summed E-state index contributed by atoms with van der Waals surface area (Å²) >= 11 is 0. The average molecular weight is 354 g/mol. The quantitative estimate of drug-likeness (QED) is 0.539. The van der Waals surface area contributed by atoms with Crippen LogP contribution in [0.2, 0.25) is 0 Å². The fourth-order valence-corrected chi connectivity index (χ4v) is 3.00. The molecule has 4 heteroatoms. The monoisotopic (exact) mass is 354 g/mol. The van der Waals surface area contributed by atoms with Gasteiger partial charge in [0.15, 0.2) is 0 Å². The number of nitrogens with zero attached hydrogens (tertiary/aromatic N) is 2. The van der Waals surface area contributed by atoms with Crippen LogP contribution in [0.4, 0.5) is 0 Å². The van der Waals surface area contributed by atoms with Crippen LogP contribution >= 0.6 is 0 Å². The number of fused-ring (bicyclic) bond motifs is 1. The van der Waals surface area contributed by atoms with Crippen molar-refractivity contribution in [1.82, 2.24) is 9.55 Å². The highest BCUT2D eigenvalue weighted by Crippen LogP contribution is 2.17. The third-order valence-corrected chi connectivity index (χ3v) is 4.33. The second-order valence-corrected chi connectivity index (χ2v) is 6.07. The predicted octanol–water partition coefficient (Wildman–Crippen LogP) is 4.56. The zero-order valence-electron chi connectivity index (χ0n) is 14.9. The number of para-hydroxylation sites is 2. The van der Waals surface area contributed by atoms with E-state index in [0.717, 1.165) is 17.0 Å². The van der Waals surface area contributed by atoms with Crippen LogP contribution in [-0.2, 0) is 0 Å². The van der Waals surface area contributed by atoms with E-state index in [2.05, 4.69) is 0 Å². The topological polar surface area (TPSA) is 44.1 Å². The zero-order chi connectivity index (χ0) is 18.6. The minimum absolute atomic E-state index is 0.0860. The first-order valence-corrected chi connectivity index (χ1v) is 8.65. The Balaban J connectivity index is 1.90. The van der Waals surface area contributed by atoms with Crippen molar-refractivity contribution in [3.63, 3.8) is 0 Å². The molecule has 1 aromatic heterocycles. The molecular formula is C23H18N2O2. The second kappa shape index (κ2) is 7.30. The first kappa shape index (κ1) is 16.8. The lowest BCUT2D eigenvalue weighted by Gasteiger charge is -2.11. The molecule has 0 saturated heterocycles. The minimum atomic E-state index is -0.0860. The van der Waals surface area contributed by atoms with Gasteiger partial charge in [-0.15, -0.1) is 0 Å². The molecule has 0 amide bonds. The summed E-state index contributed by atoms with van der Waals surface area (Å²) in [6, 6.07) is 24.7. The lowest BCUT2D eigenvalue weighted by Crippen LogP contribution is -2.22. The van der Waals surface area contributed by atoms with Gasteiger partial charge >= 0.3 is 0 Å². The highest BCUT2D eigenvalue weighted by Gasteiger charge is 2.10. The van der Waals surface area contributed by atoms with Crippen molar-refractivity contribution in [1.29, 1.82) is 0 Å². The van der Waals surface area contributed by atoms with Crippen molar-refractivity contribution in [3.05, 3.63) is 101 Å². The summed E-state index contributed by atoms with van der Waals surface area (Å²) < 4.78 is 6.91. The molecule has 0 atom stereocenters. The van der Waals surface area contributed by atoms with Crippen LogP contribution < -0.4 is 10.3 Å². The van der Waals surface area contributed by atoms with Gasteiger partial charge < -0.3 is 4.74 Å². The van der Waals surface area contributed by atoms with Gasteiger partial charge in [-0.1, -0.05) is 48.5 Å². The molecule has 132 valence electrons. The number of hydrogen-bond acceptors (Lipinski definition) is 3. The maximum Gasteiger partial charge on any atom is 0.266 e. The van der Waals surface area contributed by atoms with E-state index < -0.39 is 0 Å². The van der Waals surface area contributed by atoms with Crippen molar-refractivity contribution >= 4 is 23.1 Å². The highest BCUT2D eigenvalue weighted by atomic mass is 16.5. The molecule has 0 bridgehead atoms. The van der Waals surface area contributed by atoms with Gasteiger partial charge in [0.2, 0.25) is 0 Å². The molecular weight excluding hydrogens is 336 g/mol. The summed E-state index contributed by atoms with van der Waals surface area (Å²) in [7, 11) is 1.64. The fraction of sp³-hybridized carbons (Fsp3) is 0.0435. The van der Waals surface area contributed by atoms with Gasteiger partial charge in [0.1, 0.15) is 11.6 Å². The first-order chi connectivity index (χ1) is 13.3. The van der Waals surface area contributed by atoms with E-state index in [1.807, 2.05) is 84.9 Å². The molecule has 0 unspecified atom stereocenters. The third kappa shape index (κ3) is 3.37. The fourth-order valence-electron chi connectivity index (χ4n) is 3.00. The van der Waals surface area contributed by atoms with Crippen LogP contribution in [0.15, 0.2) is 83.7 Å². The van der Waals surface area contributed by atoms with Gasteiger partial charge in [-0.2, -0.15) is 0 Å². The summed E-state index contributed by atoms with van der Waals surface area (Å²) in [4.78, 5) is 17.8. The third-order valence-electron chi connectivity index (χ3n) is 4.33. The molecule has 4 rings (SSSR count). The van der Waals surface area contributed by atoms with E-state index in [1.165, 1.54) is 0 Å². The van der Waals surface area contributed by atoms with Crippen LogP contribution in [0.25, 0.3) is 28.7 Å². The number of hydrogen-bond donors (Lipinski definition) is 0. The van der Waals surface area contributed by atoms with Crippen molar-refractivity contribution in [3.8, 4) is 11.4 Å². The van der Waals surface area contributed by atoms with Crippen LogP contribution in [0.1, 0.15) is 11.4 Å². The Morgan fingerprint density at radius 2 is 1.67 bits per heavy atom. The van der Waals surface area contributed by atoms with Crippen LogP contribution in [0.3, 0.4) is 0 Å². The molecule has 0 aliphatic carbocycles. The predicted molar refractivity (Wildman–Crippen MR) is 109 cm³/mol. The summed E-state index contributed by atoms with van der Waals surface area (Å²) in [6.45, 7) is 0. The molecule has 0 N–H and O–H groups in total. The molecule has 0 radical (unpaired) electrons. The molecule has 4 nitrogen and oxygen atoms in total. The van der Waals surface area contributed by atoms with E-state index >= 15 is 0 Å². The minimum Gasteiger partial charge on any atom is -0.497 e. The van der Waals surface area contributed by atoms with Gasteiger partial charge in [0.25, 0.3) is 5.56 Å². The highest BCUT2D eigenvalue weighted by molar-refractivity contribution is 5.80. The maximum absolute atomic E-state index is 13.1. The van der Waals surface area contributed by atoms with Crippen molar-refractivity contribution in [2.45, 2.75) is 0 Å². The summed E-state index contributed by atoms with van der Waals surface area (Å²) in [5.74, 6) is 1.36. The molecule has 0 aliphatic rings. The molecule has 0 fully saturated rings. The second-order valence-electron chi connectivity index (χ2n) is 6.07. The maximum atomic E-state index is 13.1. The van der Waals surface area contributed by atoms with E-state index in [0.29, 0.717) is 16.7 Å². The summed E-state index contributed by atoms with van der Waals surface area (Å²) in [5.41, 5.74) is 2.35. The zero-order valence-corrected chi connectivity index (χ0v) is 14.9. The van der Waals surface area contributed by atoms with E-state index in [1.54, 1.807) is 17.7 Å². The number of rotatable bonds is 4. The van der Waals surface area contributed by atoms with Crippen LogP contribution in [0.5, 0.6) is 5.75 Å². The Morgan fingerprint density at radius 3 is 2.48 bits per heavy atom. The number of benzene rings is 3. The number of ether oxygens (including phenoxy) is 1. The molecule has 4 aromatic rings. The van der Waals surface area contributed by atoms with Gasteiger partial charge in [0, 0.05) is 0 Å². The van der Waals surface area contributed by atoms with E-state index in [-0.39, 0.29) is 5.56 Å². The Kier molecular flexibility index (Phi) is 4.54. The molecule has 0 spiro atoms. The van der Waals surface area contributed by atoms with Gasteiger partial charge in [-0.25, -0.2) is 4.98 Å².